The largest absolute Gasteiger partial charge is 0.324 e. The van der Waals surface area contributed by atoms with Gasteiger partial charge < -0.3 is 5.32 Å². The molecule has 0 saturated carbocycles. The second-order valence-electron chi connectivity index (χ2n) is 6.47. The molecular formula is C21H27N3O3S. The summed E-state index contributed by atoms with van der Waals surface area (Å²) in [5.41, 5.74) is 2.18. The van der Waals surface area contributed by atoms with Gasteiger partial charge in [-0.3, -0.25) is 9.69 Å². The summed E-state index contributed by atoms with van der Waals surface area (Å²) < 4.78 is 26.3. The summed E-state index contributed by atoms with van der Waals surface area (Å²) >= 11 is 0. The van der Waals surface area contributed by atoms with Gasteiger partial charge in [-0.25, -0.2) is 13.1 Å². The Morgan fingerprint density at radius 3 is 2.36 bits per heavy atom. The number of benzene rings is 2. The van der Waals surface area contributed by atoms with Crippen molar-refractivity contribution >= 4 is 21.6 Å². The number of amides is 1. The van der Waals surface area contributed by atoms with Crippen LogP contribution in [0.2, 0.25) is 0 Å². The van der Waals surface area contributed by atoms with Gasteiger partial charge >= 0.3 is 0 Å². The van der Waals surface area contributed by atoms with Crippen molar-refractivity contribution in [3.8, 4) is 0 Å². The molecule has 0 aliphatic carbocycles. The fraction of sp³-hybridized carbons (Fsp3) is 0.286. The van der Waals surface area contributed by atoms with Gasteiger partial charge in [0.25, 0.3) is 0 Å². The second kappa shape index (κ2) is 10.2. The van der Waals surface area contributed by atoms with Gasteiger partial charge in [0.15, 0.2) is 0 Å². The molecule has 0 bridgehead atoms. The van der Waals surface area contributed by atoms with Crippen molar-refractivity contribution in [1.29, 1.82) is 0 Å². The lowest BCUT2D eigenvalue weighted by Gasteiger charge is -2.26. The maximum atomic E-state index is 12.9. The summed E-state index contributed by atoms with van der Waals surface area (Å²) in [5, 5.41) is 2.92. The van der Waals surface area contributed by atoms with Crippen molar-refractivity contribution in [3.63, 3.8) is 0 Å². The van der Waals surface area contributed by atoms with E-state index in [9.17, 15) is 13.2 Å². The molecule has 0 heterocycles. The van der Waals surface area contributed by atoms with Crippen LogP contribution in [-0.4, -0.2) is 39.4 Å². The van der Waals surface area contributed by atoms with E-state index >= 15 is 0 Å². The molecule has 0 aliphatic heterocycles. The molecule has 0 aliphatic rings. The number of sulfonamides is 1. The minimum absolute atomic E-state index is 0.125. The molecule has 0 radical (unpaired) electrons. The molecule has 150 valence electrons. The number of anilines is 1. The highest BCUT2D eigenvalue weighted by atomic mass is 32.2. The fourth-order valence-electron chi connectivity index (χ4n) is 2.78. The molecule has 2 aromatic rings. The number of carbonyl (C=O) groups is 1. The normalized spacial score (nSPS) is 12.5. The molecule has 0 saturated heterocycles. The Balaban J connectivity index is 2.09. The van der Waals surface area contributed by atoms with Crippen LogP contribution in [0.25, 0.3) is 0 Å². The van der Waals surface area contributed by atoms with Crippen LogP contribution < -0.4 is 10.0 Å². The van der Waals surface area contributed by atoms with E-state index < -0.39 is 16.1 Å². The number of hydrogen-bond donors (Lipinski definition) is 2. The number of rotatable bonds is 10. The zero-order valence-corrected chi connectivity index (χ0v) is 17.1. The first-order valence-corrected chi connectivity index (χ1v) is 10.7. The van der Waals surface area contributed by atoms with E-state index in [0.717, 1.165) is 12.1 Å². The average molecular weight is 402 g/mol. The van der Waals surface area contributed by atoms with Crippen LogP contribution in [0, 0.1) is 0 Å². The monoisotopic (exact) mass is 401 g/mol. The van der Waals surface area contributed by atoms with Gasteiger partial charge in [0.2, 0.25) is 15.9 Å². The number of carbonyl (C=O) groups excluding carboxylic acids is 1. The molecule has 28 heavy (non-hydrogen) atoms. The number of nitrogens with zero attached hydrogens (tertiary/aromatic N) is 1. The highest BCUT2D eigenvalue weighted by Gasteiger charge is 2.24. The lowest BCUT2D eigenvalue weighted by molar-refractivity contribution is -0.121. The Labute approximate surface area is 167 Å². The summed E-state index contributed by atoms with van der Waals surface area (Å²) in [6.45, 7) is 6.41. The van der Waals surface area contributed by atoms with Crippen molar-refractivity contribution in [2.24, 2.45) is 0 Å². The highest BCUT2D eigenvalue weighted by molar-refractivity contribution is 7.88. The van der Waals surface area contributed by atoms with E-state index in [4.69, 9.17) is 0 Å². The Hall–Kier alpha value is -2.48. The number of hydrogen-bond acceptors (Lipinski definition) is 4. The molecule has 2 rings (SSSR count). The molecule has 2 N–H and O–H groups in total. The predicted octanol–water partition coefficient (Wildman–Crippen LogP) is 2.92. The SMILES string of the molecule is C=CCNS(=O)(=O)Cc1ccc(NC(=O)C(c2ccccc2)N(C)CC)cc1. The van der Waals surface area contributed by atoms with Crippen LogP contribution in [-0.2, 0) is 20.6 Å². The fourth-order valence-corrected chi connectivity index (χ4v) is 3.88. The van der Waals surface area contributed by atoms with Crippen molar-refractivity contribution in [2.45, 2.75) is 18.7 Å². The summed E-state index contributed by atoms with van der Waals surface area (Å²) in [5.74, 6) is -0.260. The van der Waals surface area contributed by atoms with Crippen molar-refractivity contribution in [2.75, 3.05) is 25.5 Å². The third-order valence-corrected chi connectivity index (χ3v) is 5.65. The Morgan fingerprint density at radius 1 is 1.14 bits per heavy atom. The first kappa shape index (κ1) is 21.8. The molecule has 1 unspecified atom stereocenters. The van der Waals surface area contributed by atoms with Gasteiger partial charge in [0.05, 0.1) is 5.75 Å². The second-order valence-corrected chi connectivity index (χ2v) is 8.28. The van der Waals surface area contributed by atoms with Gasteiger partial charge in [-0.2, -0.15) is 0 Å². The van der Waals surface area contributed by atoms with Crippen LogP contribution in [0.4, 0.5) is 5.69 Å². The van der Waals surface area contributed by atoms with E-state index in [1.54, 1.807) is 24.3 Å². The zero-order chi connectivity index (χ0) is 20.6. The number of likely N-dealkylation sites (N-methyl/N-ethyl adjacent to an activating group) is 1. The van der Waals surface area contributed by atoms with Gasteiger partial charge in [-0.1, -0.05) is 55.5 Å². The smallest absolute Gasteiger partial charge is 0.246 e. The molecule has 7 heteroatoms. The molecule has 0 fully saturated rings. The summed E-state index contributed by atoms with van der Waals surface area (Å²) in [7, 11) is -1.51. The molecule has 6 nitrogen and oxygen atoms in total. The molecule has 1 atom stereocenters. The lowest BCUT2D eigenvalue weighted by atomic mass is 10.0. The Bertz CT molecular complexity index is 881. The first-order valence-electron chi connectivity index (χ1n) is 9.09. The minimum Gasteiger partial charge on any atom is -0.324 e. The van der Waals surface area contributed by atoms with Crippen LogP contribution in [0.15, 0.2) is 67.3 Å². The summed E-state index contributed by atoms with van der Waals surface area (Å²) in [4.78, 5) is 14.8. The predicted molar refractivity (Wildman–Crippen MR) is 113 cm³/mol. The minimum atomic E-state index is -3.41. The summed E-state index contributed by atoms with van der Waals surface area (Å²) in [6, 6.07) is 16.0. The topological polar surface area (TPSA) is 78.5 Å². The van der Waals surface area contributed by atoms with Gasteiger partial charge in [0.1, 0.15) is 6.04 Å². The van der Waals surface area contributed by atoms with Gasteiger partial charge in [-0.05, 0) is 36.9 Å². The molecule has 1 amide bonds. The Kier molecular flexibility index (Phi) is 7.92. The summed E-state index contributed by atoms with van der Waals surface area (Å²) in [6.07, 6.45) is 1.49. The van der Waals surface area contributed by atoms with Crippen LogP contribution in [0.5, 0.6) is 0 Å². The van der Waals surface area contributed by atoms with Crippen LogP contribution in [0.3, 0.4) is 0 Å². The van der Waals surface area contributed by atoms with E-state index in [1.807, 2.05) is 49.2 Å². The first-order chi connectivity index (χ1) is 13.4. The molecule has 0 spiro atoms. The van der Waals surface area contributed by atoms with Crippen molar-refractivity contribution < 1.29 is 13.2 Å². The maximum Gasteiger partial charge on any atom is 0.246 e. The quantitative estimate of drug-likeness (QED) is 0.600. The van der Waals surface area contributed by atoms with Crippen molar-refractivity contribution in [1.82, 2.24) is 9.62 Å². The third kappa shape index (κ3) is 6.30. The van der Waals surface area contributed by atoms with E-state index in [0.29, 0.717) is 11.3 Å². The van der Waals surface area contributed by atoms with Crippen molar-refractivity contribution in [3.05, 3.63) is 78.4 Å². The molecule has 2 aromatic carbocycles. The van der Waals surface area contributed by atoms with E-state index in [2.05, 4.69) is 16.6 Å². The maximum absolute atomic E-state index is 12.9. The molecule has 0 aromatic heterocycles. The lowest BCUT2D eigenvalue weighted by Crippen LogP contribution is -2.34. The van der Waals surface area contributed by atoms with E-state index in [1.165, 1.54) is 6.08 Å². The number of nitrogens with one attached hydrogen (secondary N) is 2. The standard InChI is InChI=1S/C21H27N3O3S/c1-4-15-22-28(26,27)16-17-11-13-19(14-12-17)23-21(25)20(24(3)5-2)18-9-7-6-8-10-18/h4,6-14,20,22H,1,5,15-16H2,2-3H3,(H,23,25). The molecular weight excluding hydrogens is 374 g/mol. The highest BCUT2D eigenvalue weighted by Crippen LogP contribution is 2.22. The van der Waals surface area contributed by atoms with E-state index in [-0.39, 0.29) is 18.2 Å². The zero-order valence-electron chi connectivity index (χ0n) is 16.3. The van der Waals surface area contributed by atoms with Gasteiger partial charge in [0, 0.05) is 12.2 Å². The third-order valence-electron chi connectivity index (χ3n) is 4.33. The van der Waals surface area contributed by atoms with Gasteiger partial charge in [-0.15, -0.1) is 6.58 Å². The van der Waals surface area contributed by atoms with Crippen LogP contribution in [0.1, 0.15) is 24.1 Å². The van der Waals surface area contributed by atoms with Crippen LogP contribution >= 0.6 is 0 Å². The average Bonchev–Trinajstić information content (AvgIpc) is 2.68. The Morgan fingerprint density at radius 2 is 1.79 bits per heavy atom.